The fourth-order valence-corrected chi connectivity index (χ4v) is 3.65. The van der Waals surface area contributed by atoms with Crippen molar-refractivity contribution in [1.29, 1.82) is 0 Å². The van der Waals surface area contributed by atoms with Crippen LogP contribution in [0, 0.1) is 26.7 Å². The van der Waals surface area contributed by atoms with Crippen LogP contribution < -0.4 is 10.2 Å². The summed E-state index contributed by atoms with van der Waals surface area (Å²) in [6, 6.07) is 3.69. The van der Waals surface area contributed by atoms with Gasteiger partial charge in [-0.3, -0.25) is 4.79 Å². The van der Waals surface area contributed by atoms with E-state index in [0.717, 1.165) is 54.2 Å². The van der Waals surface area contributed by atoms with Crippen LogP contribution in [0.1, 0.15) is 35.7 Å². The van der Waals surface area contributed by atoms with Crippen LogP contribution in [0.25, 0.3) is 11.1 Å². The van der Waals surface area contributed by atoms with E-state index in [9.17, 15) is 4.79 Å². The van der Waals surface area contributed by atoms with Gasteiger partial charge in [-0.15, -0.1) is 0 Å². The van der Waals surface area contributed by atoms with Crippen LogP contribution in [0.4, 0.5) is 5.82 Å². The van der Waals surface area contributed by atoms with Crippen LogP contribution in [0.2, 0.25) is 0 Å². The molecule has 1 aliphatic heterocycles. The number of piperidine rings is 1. The van der Waals surface area contributed by atoms with Crippen LogP contribution in [-0.2, 0) is 11.3 Å². The van der Waals surface area contributed by atoms with Gasteiger partial charge in [-0.2, -0.15) is 4.98 Å². The van der Waals surface area contributed by atoms with Gasteiger partial charge in [0.25, 0.3) is 0 Å². The highest BCUT2D eigenvalue weighted by Crippen LogP contribution is 2.33. The van der Waals surface area contributed by atoms with Gasteiger partial charge in [-0.25, -0.2) is 4.98 Å². The van der Waals surface area contributed by atoms with Crippen molar-refractivity contribution in [1.82, 2.24) is 15.3 Å². The second kappa shape index (κ2) is 7.06. The van der Waals surface area contributed by atoms with Crippen LogP contribution in [0.3, 0.4) is 0 Å². The maximum Gasteiger partial charge on any atom is 0.231 e. The van der Waals surface area contributed by atoms with Crippen molar-refractivity contribution in [2.24, 2.45) is 5.92 Å². The summed E-state index contributed by atoms with van der Waals surface area (Å²) < 4.78 is 11.1. The lowest BCUT2D eigenvalue weighted by atomic mass is 9.95. The van der Waals surface area contributed by atoms with Gasteiger partial charge in [0.05, 0.1) is 18.2 Å². The van der Waals surface area contributed by atoms with Crippen molar-refractivity contribution in [3.8, 4) is 0 Å². The fourth-order valence-electron chi connectivity index (χ4n) is 3.65. The molecule has 142 valence electrons. The Morgan fingerprint density at radius 2 is 2.04 bits per heavy atom. The Kier molecular flexibility index (Phi) is 4.59. The summed E-state index contributed by atoms with van der Waals surface area (Å²) in [4.78, 5) is 23.8. The van der Waals surface area contributed by atoms with Gasteiger partial charge < -0.3 is 19.1 Å². The first kappa shape index (κ1) is 17.6. The highest BCUT2D eigenvalue weighted by molar-refractivity contribution is 5.90. The Morgan fingerprint density at radius 3 is 2.74 bits per heavy atom. The molecule has 4 heterocycles. The molecule has 4 rings (SSSR count). The third-order valence-corrected chi connectivity index (χ3v) is 5.30. The van der Waals surface area contributed by atoms with Crippen molar-refractivity contribution in [3.63, 3.8) is 0 Å². The number of anilines is 1. The quantitative estimate of drug-likeness (QED) is 0.761. The minimum atomic E-state index is 0.0156. The number of carbonyl (C=O) groups excluding carboxylic acids is 1. The second-order valence-corrected chi connectivity index (χ2v) is 7.12. The summed E-state index contributed by atoms with van der Waals surface area (Å²) >= 11 is 0. The van der Waals surface area contributed by atoms with Crippen molar-refractivity contribution in [3.05, 3.63) is 41.3 Å². The van der Waals surface area contributed by atoms with Crippen molar-refractivity contribution in [2.45, 2.75) is 40.2 Å². The van der Waals surface area contributed by atoms with E-state index in [1.165, 1.54) is 0 Å². The second-order valence-electron chi connectivity index (χ2n) is 7.12. The standard InChI is InChI=1S/C20H24N4O3/c1-12-13(2)27-20-17(12)18(22-14(3)23-20)24-8-6-15(7-9-24)19(25)21-11-16-5-4-10-26-16/h4-5,10,15H,6-9,11H2,1-3H3,(H,21,25). The molecule has 0 atom stereocenters. The minimum absolute atomic E-state index is 0.0156. The lowest BCUT2D eigenvalue weighted by Gasteiger charge is -2.32. The average molecular weight is 368 g/mol. The van der Waals surface area contributed by atoms with Crippen LogP contribution in [-0.4, -0.2) is 29.0 Å². The molecule has 0 aromatic carbocycles. The molecule has 7 heteroatoms. The predicted molar refractivity (Wildman–Crippen MR) is 102 cm³/mol. The molecule has 3 aromatic rings. The first-order valence-electron chi connectivity index (χ1n) is 9.32. The number of nitrogens with one attached hydrogen (secondary N) is 1. The molecule has 1 aliphatic rings. The third kappa shape index (κ3) is 3.41. The van der Waals surface area contributed by atoms with E-state index in [-0.39, 0.29) is 11.8 Å². The predicted octanol–water partition coefficient (Wildman–Crippen LogP) is 3.27. The summed E-state index contributed by atoms with van der Waals surface area (Å²) in [6.45, 7) is 7.88. The van der Waals surface area contributed by atoms with E-state index in [1.807, 2.05) is 32.9 Å². The fraction of sp³-hybridized carbons (Fsp3) is 0.450. The Labute approximate surface area is 157 Å². The Hall–Kier alpha value is -2.83. The number of hydrogen-bond donors (Lipinski definition) is 1. The monoisotopic (exact) mass is 368 g/mol. The zero-order chi connectivity index (χ0) is 19.0. The smallest absolute Gasteiger partial charge is 0.231 e. The number of aromatic nitrogens is 2. The van der Waals surface area contributed by atoms with Crippen LogP contribution >= 0.6 is 0 Å². The first-order valence-corrected chi connectivity index (χ1v) is 9.32. The summed E-state index contributed by atoms with van der Waals surface area (Å²) in [7, 11) is 0. The SMILES string of the molecule is Cc1nc(N2CCC(C(=O)NCc3ccco3)CC2)c2c(C)c(C)oc2n1. The first-order chi connectivity index (χ1) is 13.0. The Balaban J connectivity index is 1.45. The van der Waals surface area contributed by atoms with E-state index in [2.05, 4.69) is 20.2 Å². The summed E-state index contributed by atoms with van der Waals surface area (Å²) in [5.41, 5.74) is 1.73. The van der Waals surface area contributed by atoms with Crippen LogP contribution in [0.5, 0.6) is 0 Å². The Bertz CT molecular complexity index is 953. The van der Waals surface area contributed by atoms with Gasteiger partial charge in [0.2, 0.25) is 11.6 Å². The molecular formula is C20H24N4O3. The highest BCUT2D eigenvalue weighted by atomic mass is 16.3. The van der Waals surface area contributed by atoms with E-state index in [1.54, 1.807) is 6.26 Å². The largest absolute Gasteiger partial charge is 0.467 e. The topological polar surface area (TPSA) is 84.4 Å². The number of fused-ring (bicyclic) bond motifs is 1. The molecule has 1 amide bonds. The number of carbonyl (C=O) groups is 1. The molecule has 1 N–H and O–H groups in total. The normalized spacial score (nSPS) is 15.4. The average Bonchev–Trinajstić information content (AvgIpc) is 3.28. The maximum atomic E-state index is 12.4. The van der Waals surface area contributed by atoms with Crippen LogP contribution in [0.15, 0.2) is 27.2 Å². The van der Waals surface area contributed by atoms with Gasteiger partial charge in [-0.05, 0) is 45.7 Å². The molecule has 27 heavy (non-hydrogen) atoms. The number of aryl methyl sites for hydroxylation is 3. The number of amides is 1. The molecule has 1 saturated heterocycles. The zero-order valence-electron chi connectivity index (χ0n) is 15.9. The lowest BCUT2D eigenvalue weighted by molar-refractivity contribution is -0.125. The molecule has 0 spiro atoms. The van der Waals surface area contributed by atoms with E-state index in [4.69, 9.17) is 8.83 Å². The molecular weight excluding hydrogens is 344 g/mol. The molecule has 0 bridgehead atoms. The molecule has 0 unspecified atom stereocenters. The summed E-state index contributed by atoms with van der Waals surface area (Å²) in [6.07, 6.45) is 3.21. The van der Waals surface area contributed by atoms with Gasteiger partial charge in [0.1, 0.15) is 23.2 Å². The third-order valence-electron chi connectivity index (χ3n) is 5.30. The van der Waals surface area contributed by atoms with Crippen molar-refractivity contribution < 1.29 is 13.6 Å². The minimum Gasteiger partial charge on any atom is -0.467 e. The molecule has 0 radical (unpaired) electrons. The summed E-state index contributed by atoms with van der Waals surface area (Å²) in [5.74, 6) is 3.36. The van der Waals surface area contributed by atoms with Gasteiger partial charge in [-0.1, -0.05) is 0 Å². The van der Waals surface area contributed by atoms with E-state index >= 15 is 0 Å². The molecule has 0 saturated carbocycles. The zero-order valence-corrected chi connectivity index (χ0v) is 15.9. The Morgan fingerprint density at radius 1 is 1.26 bits per heavy atom. The van der Waals surface area contributed by atoms with E-state index < -0.39 is 0 Å². The number of rotatable bonds is 4. The maximum absolute atomic E-state index is 12.4. The summed E-state index contributed by atoms with van der Waals surface area (Å²) in [5, 5.41) is 3.95. The molecule has 3 aromatic heterocycles. The lowest BCUT2D eigenvalue weighted by Crippen LogP contribution is -2.40. The number of nitrogens with zero attached hydrogens (tertiary/aromatic N) is 3. The molecule has 0 aliphatic carbocycles. The number of hydrogen-bond acceptors (Lipinski definition) is 6. The van der Waals surface area contributed by atoms with E-state index in [0.29, 0.717) is 18.1 Å². The van der Waals surface area contributed by atoms with Crippen molar-refractivity contribution in [2.75, 3.05) is 18.0 Å². The number of furan rings is 2. The van der Waals surface area contributed by atoms with Crippen molar-refractivity contribution >= 4 is 22.8 Å². The van der Waals surface area contributed by atoms with Gasteiger partial charge in [0, 0.05) is 24.6 Å². The molecule has 1 fully saturated rings. The highest BCUT2D eigenvalue weighted by Gasteiger charge is 2.28. The van der Waals surface area contributed by atoms with Gasteiger partial charge in [0.15, 0.2) is 0 Å². The van der Waals surface area contributed by atoms with Gasteiger partial charge >= 0.3 is 0 Å². The molecule has 7 nitrogen and oxygen atoms in total.